The SMILES string of the molecule is C[C@H](Cc1ccccc1Cl)NC(=O)[C@@H]1CCNC1. The van der Waals surface area contributed by atoms with Crippen molar-refractivity contribution in [3.05, 3.63) is 34.9 Å². The third kappa shape index (κ3) is 3.47. The average molecular weight is 267 g/mol. The maximum absolute atomic E-state index is 11.9. The number of amides is 1. The number of carbonyl (C=O) groups excluding carboxylic acids is 1. The third-order valence-electron chi connectivity index (χ3n) is 3.30. The second-order valence-corrected chi connectivity index (χ2v) is 5.30. The molecule has 1 amide bonds. The Morgan fingerprint density at radius 2 is 2.33 bits per heavy atom. The molecule has 1 aromatic rings. The van der Waals surface area contributed by atoms with E-state index in [9.17, 15) is 4.79 Å². The molecule has 1 fully saturated rings. The number of hydrogen-bond donors (Lipinski definition) is 2. The van der Waals surface area contributed by atoms with Crippen molar-refractivity contribution in [2.24, 2.45) is 5.92 Å². The van der Waals surface area contributed by atoms with Gasteiger partial charge in [0, 0.05) is 17.6 Å². The smallest absolute Gasteiger partial charge is 0.224 e. The van der Waals surface area contributed by atoms with Crippen molar-refractivity contribution < 1.29 is 4.79 Å². The Morgan fingerprint density at radius 3 is 3.00 bits per heavy atom. The minimum atomic E-state index is 0.109. The van der Waals surface area contributed by atoms with E-state index in [2.05, 4.69) is 10.6 Å². The maximum Gasteiger partial charge on any atom is 0.224 e. The van der Waals surface area contributed by atoms with E-state index in [1.165, 1.54) is 0 Å². The first-order chi connectivity index (χ1) is 8.66. The predicted octanol–water partition coefficient (Wildman–Crippen LogP) is 2.00. The van der Waals surface area contributed by atoms with Crippen molar-refractivity contribution in [2.45, 2.75) is 25.8 Å². The summed E-state index contributed by atoms with van der Waals surface area (Å²) in [7, 11) is 0. The van der Waals surface area contributed by atoms with Gasteiger partial charge < -0.3 is 10.6 Å². The Morgan fingerprint density at radius 1 is 1.56 bits per heavy atom. The van der Waals surface area contributed by atoms with Crippen molar-refractivity contribution in [3.8, 4) is 0 Å². The molecule has 1 aliphatic heterocycles. The fourth-order valence-electron chi connectivity index (χ4n) is 2.28. The molecular weight excluding hydrogens is 248 g/mol. The standard InChI is InChI=1S/C14H19ClN2O/c1-10(8-11-4-2-3-5-13(11)15)17-14(18)12-6-7-16-9-12/h2-5,10,12,16H,6-9H2,1H3,(H,17,18)/t10-,12-/m1/s1. The molecule has 0 aliphatic carbocycles. The fraction of sp³-hybridized carbons (Fsp3) is 0.500. The summed E-state index contributed by atoms with van der Waals surface area (Å²) in [6.45, 7) is 3.76. The molecule has 0 spiro atoms. The second kappa shape index (κ2) is 6.21. The van der Waals surface area contributed by atoms with Crippen LogP contribution in [0.5, 0.6) is 0 Å². The highest BCUT2D eigenvalue weighted by Gasteiger charge is 2.23. The lowest BCUT2D eigenvalue weighted by Crippen LogP contribution is -2.39. The van der Waals surface area contributed by atoms with E-state index in [0.717, 1.165) is 36.5 Å². The Kier molecular flexibility index (Phi) is 4.61. The van der Waals surface area contributed by atoms with E-state index in [4.69, 9.17) is 11.6 Å². The van der Waals surface area contributed by atoms with Crippen LogP contribution >= 0.6 is 11.6 Å². The molecule has 0 radical (unpaired) electrons. The van der Waals surface area contributed by atoms with Gasteiger partial charge in [0.25, 0.3) is 0 Å². The molecule has 98 valence electrons. The minimum absolute atomic E-state index is 0.109. The zero-order chi connectivity index (χ0) is 13.0. The second-order valence-electron chi connectivity index (χ2n) is 4.89. The van der Waals surface area contributed by atoms with Gasteiger partial charge in [0.2, 0.25) is 5.91 Å². The van der Waals surface area contributed by atoms with Crippen LogP contribution < -0.4 is 10.6 Å². The number of rotatable bonds is 4. The van der Waals surface area contributed by atoms with Crippen LogP contribution in [0.15, 0.2) is 24.3 Å². The molecule has 4 heteroatoms. The minimum Gasteiger partial charge on any atom is -0.353 e. The van der Waals surface area contributed by atoms with Crippen LogP contribution in [0.1, 0.15) is 18.9 Å². The summed E-state index contributed by atoms with van der Waals surface area (Å²) in [5, 5.41) is 7.03. The van der Waals surface area contributed by atoms with Gasteiger partial charge in [-0.15, -0.1) is 0 Å². The van der Waals surface area contributed by atoms with Crippen molar-refractivity contribution in [1.29, 1.82) is 0 Å². The summed E-state index contributed by atoms with van der Waals surface area (Å²) < 4.78 is 0. The van der Waals surface area contributed by atoms with Crippen LogP contribution in [0.3, 0.4) is 0 Å². The van der Waals surface area contributed by atoms with Gasteiger partial charge in [0.05, 0.1) is 5.92 Å². The highest BCUT2D eigenvalue weighted by molar-refractivity contribution is 6.31. The summed E-state index contributed by atoms with van der Waals surface area (Å²) in [4.78, 5) is 11.9. The summed E-state index contributed by atoms with van der Waals surface area (Å²) >= 11 is 6.11. The maximum atomic E-state index is 11.9. The van der Waals surface area contributed by atoms with Gasteiger partial charge in [-0.2, -0.15) is 0 Å². The molecule has 2 N–H and O–H groups in total. The number of nitrogens with one attached hydrogen (secondary N) is 2. The quantitative estimate of drug-likeness (QED) is 0.875. The van der Waals surface area contributed by atoms with Crippen LogP contribution in [-0.4, -0.2) is 25.0 Å². The van der Waals surface area contributed by atoms with Gasteiger partial charge >= 0.3 is 0 Å². The van der Waals surface area contributed by atoms with Crippen LogP contribution in [-0.2, 0) is 11.2 Å². The van der Waals surface area contributed by atoms with E-state index in [-0.39, 0.29) is 17.9 Å². The topological polar surface area (TPSA) is 41.1 Å². The molecule has 1 aliphatic rings. The molecule has 1 saturated heterocycles. The Bertz CT molecular complexity index is 416. The Balaban J connectivity index is 1.86. The molecular formula is C14H19ClN2O. The molecule has 1 aromatic carbocycles. The number of hydrogen-bond acceptors (Lipinski definition) is 2. The summed E-state index contributed by atoms with van der Waals surface area (Å²) in [5.41, 5.74) is 1.08. The Hall–Kier alpha value is -1.06. The molecule has 2 rings (SSSR count). The van der Waals surface area contributed by atoms with Gasteiger partial charge in [-0.3, -0.25) is 4.79 Å². The fourth-order valence-corrected chi connectivity index (χ4v) is 2.50. The molecule has 0 saturated carbocycles. The van der Waals surface area contributed by atoms with E-state index in [1.807, 2.05) is 31.2 Å². The van der Waals surface area contributed by atoms with Gasteiger partial charge in [-0.25, -0.2) is 0 Å². The van der Waals surface area contributed by atoms with Crippen LogP contribution in [0.25, 0.3) is 0 Å². The third-order valence-corrected chi connectivity index (χ3v) is 3.67. The molecule has 2 atom stereocenters. The number of benzene rings is 1. The van der Waals surface area contributed by atoms with Gasteiger partial charge in [-0.05, 0) is 37.9 Å². The van der Waals surface area contributed by atoms with Gasteiger partial charge in [-0.1, -0.05) is 29.8 Å². The van der Waals surface area contributed by atoms with Crippen LogP contribution in [0.2, 0.25) is 5.02 Å². The normalized spacial score (nSPS) is 20.7. The lowest BCUT2D eigenvalue weighted by Gasteiger charge is -2.17. The number of carbonyl (C=O) groups is 1. The molecule has 0 aromatic heterocycles. The first kappa shape index (κ1) is 13.4. The first-order valence-corrected chi connectivity index (χ1v) is 6.79. The molecule has 3 nitrogen and oxygen atoms in total. The van der Waals surface area contributed by atoms with E-state index < -0.39 is 0 Å². The zero-order valence-corrected chi connectivity index (χ0v) is 11.3. The van der Waals surface area contributed by atoms with E-state index in [0.29, 0.717) is 0 Å². The van der Waals surface area contributed by atoms with Crippen LogP contribution in [0.4, 0.5) is 0 Å². The average Bonchev–Trinajstić information content (AvgIpc) is 2.85. The largest absolute Gasteiger partial charge is 0.353 e. The molecule has 0 bridgehead atoms. The van der Waals surface area contributed by atoms with E-state index >= 15 is 0 Å². The first-order valence-electron chi connectivity index (χ1n) is 6.41. The lowest BCUT2D eigenvalue weighted by atomic mass is 10.0. The van der Waals surface area contributed by atoms with Crippen molar-refractivity contribution in [1.82, 2.24) is 10.6 Å². The molecule has 1 heterocycles. The summed E-state index contributed by atoms with van der Waals surface area (Å²) in [6, 6.07) is 7.88. The lowest BCUT2D eigenvalue weighted by molar-refractivity contribution is -0.125. The zero-order valence-electron chi connectivity index (χ0n) is 10.6. The van der Waals surface area contributed by atoms with Gasteiger partial charge in [0.1, 0.15) is 0 Å². The van der Waals surface area contributed by atoms with Crippen molar-refractivity contribution >= 4 is 17.5 Å². The van der Waals surface area contributed by atoms with Crippen molar-refractivity contribution in [3.63, 3.8) is 0 Å². The summed E-state index contributed by atoms with van der Waals surface area (Å²) in [6.07, 6.45) is 1.70. The van der Waals surface area contributed by atoms with Gasteiger partial charge in [0.15, 0.2) is 0 Å². The number of halogens is 1. The van der Waals surface area contributed by atoms with Crippen LogP contribution in [0, 0.1) is 5.92 Å². The van der Waals surface area contributed by atoms with E-state index in [1.54, 1.807) is 0 Å². The molecule has 0 unspecified atom stereocenters. The predicted molar refractivity (Wildman–Crippen MR) is 73.7 cm³/mol. The highest BCUT2D eigenvalue weighted by Crippen LogP contribution is 2.17. The summed E-state index contributed by atoms with van der Waals surface area (Å²) in [5.74, 6) is 0.276. The Labute approximate surface area is 113 Å². The molecule has 18 heavy (non-hydrogen) atoms. The highest BCUT2D eigenvalue weighted by atomic mass is 35.5. The monoisotopic (exact) mass is 266 g/mol. The van der Waals surface area contributed by atoms with Crippen molar-refractivity contribution in [2.75, 3.05) is 13.1 Å².